The van der Waals surface area contributed by atoms with Gasteiger partial charge in [-0.25, -0.2) is 0 Å². The zero-order valence-electron chi connectivity index (χ0n) is 9.48. The Balaban J connectivity index is 2.44. The lowest BCUT2D eigenvalue weighted by molar-refractivity contribution is -0.152. The van der Waals surface area contributed by atoms with Crippen LogP contribution < -0.4 is 0 Å². The van der Waals surface area contributed by atoms with E-state index in [4.69, 9.17) is 4.74 Å². The summed E-state index contributed by atoms with van der Waals surface area (Å²) in [6, 6.07) is 3.62. The van der Waals surface area contributed by atoms with Crippen molar-refractivity contribution >= 4 is 17.5 Å². The average molecular weight is 219 g/mol. The molecule has 84 valence electrons. The number of aromatic nitrogens is 1. The van der Waals surface area contributed by atoms with Gasteiger partial charge in [-0.3, -0.25) is 9.59 Å². The first kappa shape index (κ1) is 10.7. The summed E-state index contributed by atoms with van der Waals surface area (Å²) in [5.41, 5.74) is -0.355. The maximum atomic E-state index is 11.8. The third-order valence-corrected chi connectivity index (χ3v) is 2.79. The van der Waals surface area contributed by atoms with Crippen molar-refractivity contribution in [2.24, 2.45) is 12.5 Å². The van der Waals surface area contributed by atoms with Crippen molar-refractivity contribution in [1.29, 1.82) is 0 Å². The van der Waals surface area contributed by atoms with E-state index in [1.165, 1.54) is 6.08 Å². The van der Waals surface area contributed by atoms with Crippen LogP contribution in [0.2, 0.25) is 0 Å². The molecule has 1 aromatic heterocycles. The van der Waals surface area contributed by atoms with Gasteiger partial charge in [0.2, 0.25) is 0 Å². The molecule has 16 heavy (non-hydrogen) atoms. The summed E-state index contributed by atoms with van der Waals surface area (Å²) in [5.74, 6) is -0.405. The van der Waals surface area contributed by atoms with Gasteiger partial charge in [-0.2, -0.15) is 0 Å². The number of carbonyl (C=O) groups excluding carboxylic acids is 2. The van der Waals surface area contributed by atoms with Gasteiger partial charge in [-0.05, 0) is 26.0 Å². The summed E-state index contributed by atoms with van der Waals surface area (Å²) in [4.78, 5) is 23.4. The number of cyclic esters (lactones) is 1. The molecule has 0 amide bonds. The molecule has 0 radical (unpaired) electrons. The normalized spacial score (nSPS) is 19.3. The molecule has 0 unspecified atom stereocenters. The first-order chi connectivity index (χ1) is 7.43. The van der Waals surface area contributed by atoms with Gasteiger partial charge in [0, 0.05) is 19.3 Å². The Labute approximate surface area is 93.5 Å². The fourth-order valence-electron chi connectivity index (χ4n) is 1.50. The zero-order valence-corrected chi connectivity index (χ0v) is 9.48. The molecule has 0 saturated heterocycles. The Morgan fingerprint density at radius 2 is 2.00 bits per heavy atom. The highest BCUT2D eigenvalue weighted by Gasteiger charge is 2.41. The standard InChI is InChI=1S/C12H13NO3/c1-12(2)10(14)7-9(16-11(12)15)8-5-4-6-13(8)3/h4-7H,1-3H3. The van der Waals surface area contributed by atoms with Crippen molar-refractivity contribution in [2.75, 3.05) is 0 Å². The molecule has 0 aliphatic carbocycles. The number of aryl methyl sites for hydroxylation is 1. The molecule has 1 aliphatic heterocycles. The number of hydrogen-bond acceptors (Lipinski definition) is 3. The lowest BCUT2D eigenvalue weighted by Gasteiger charge is -2.25. The number of hydrogen-bond donors (Lipinski definition) is 0. The third kappa shape index (κ3) is 1.46. The van der Waals surface area contributed by atoms with Crippen molar-refractivity contribution in [2.45, 2.75) is 13.8 Å². The van der Waals surface area contributed by atoms with Crippen molar-refractivity contribution in [3.05, 3.63) is 30.1 Å². The number of ether oxygens (including phenoxy) is 1. The van der Waals surface area contributed by atoms with E-state index in [0.717, 1.165) is 5.69 Å². The molecule has 0 spiro atoms. The summed E-state index contributed by atoms with van der Waals surface area (Å²) in [6.07, 6.45) is 3.21. The van der Waals surface area contributed by atoms with E-state index in [2.05, 4.69) is 0 Å². The van der Waals surface area contributed by atoms with E-state index in [1.807, 2.05) is 19.3 Å². The summed E-state index contributed by atoms with van der Waals surface area (Å²) in [6.45, 7) is 3.13. The van der Waals surface area contributed by atoms with Crippen LogP contribution in [0, 0.1) is 5.41 Å². The van der Waals surface area contributed by atoms with Gasteiger partial charge in [0.05, 0.1) is 5.69 Å². The van der Waals surface area contributed by atoms with Crippen LogP contribution in [0.5, 0.6) is 0 Å². The highest BCUT2D eigenvalue weighted by molar-refractivity contribution is 6.14. The molecule has 0 aromatic carbocycles. The van der Waals surface area contributed by atoms with Gasteiger partial charge >= 0.3 is 5.97 Å². The van der Waals surface area contributed by atoms with E-state index in [-0.39, 0.29) is 5.78 Å². The molecule has 0 bridgehead atoms. The molecular weight excluding hydrogens is 206 g/mol. The van der Waals surface area contributed by atoms with Gasteiger partial charge < -0.3 is 9.30 Å². The molecule has 1 aliphatic rings. The molecule has 4 heteroatoms. The first-order valence-electron chi connectivity index (χ1n) is 5.03. The maximum Gasteiger partial charge on any atom is 0.324 e. The number of carbonyl (C=O) groups is 2. The topological polar surface area (TPSA) is 48.3 Å². The Bertz CT molecular complexity index is 494. The van der Waals surface area contributed by atoms with Crippen LogP contribution in [0.4, 0.5) is 0 Å². The zero-order chi connectivity index (χ0) is 11.9. The molecule has 4 nitrogen and oxygen atoms in total. The Morgan fingerprint density at radius 1 is 1.31 bits per heavy atom. The van der Waals surface area contributed by atoms with Crippen LogP contribution >= 0.6 is 0 Å². The minimum atomic E-state index is -1.07. The van der Waals surface area contributed by atoms with E-state index in [1.54, 1.807) is 24.5 Å². The van der Waals surface area contributed by atoms with Gasteiger partial charge in [0.1, 0.15) is 5.41 Å². The second-order valence-corrected chi connectivity index (χ2v) is 4.39. The Kier molecular flexibility index (Phi) is 2.22. The maximum absolute atomic E-state index is 11.8. The lowest BCUT2D eigenvalue weighted by Crippen LogP contribution is -2.37. The Hall–Kier alpha value is -1.84. The molecule has 0 fully saturated rings. The molecule has 0 atom stereocenters. The van der Waals surface area contributed by atoms with E-state index in [0.29, 0.717) is 5.76 Å². The molecule has 0 N–H and O–H groups in total. The number of ketones is 1. The fraction of sp³-hybridized carbons (Fsp3) is 0.333. The van der Waals surface area contributed by atoms with E-state index in [9.17, 15) is 9.59 Å². The molecule has 0 saturated carbocycles. The summed E-state index contributed by atoms with van der Waals surface area (Å²) < 4.78 is 6.97. The smallest absolute Gasteiger partial charge is 0.324 e. The van der Waals surface area contributed by atoms with Crippen LogP contribution in [-0.2, 0) is 21.4 Å². The summed E-state index contributed by atoms with van der Waals surface area (Å²) in [7, 11) is 1.83. The van der Waals surface area contributed by atoms with Gasteiger partial charge in [0.25, 0.3) is 0 Å². The molecule has 2 rings (SSSR count). The first-order valence-corrected chi connectivity index (χ1v) is 5.03. The van der Waals surface area contributed by atoms with Crippen molar-refractivity contribution < 1.29 is 14.3 Å². The van der Waals surface area contributed by atoms with Gasteiger partial charge in [-0.15, -0.1) is 0 Å². The highest BCUT2D eigenvalue weighted by atomic mass is 16.5. The Morgan fingerprint density at radius 3 is 2.50 bits per heavy atom. The molecule has 1 aromatic rings. The summed E-state index contributed by atoms with van der Waals surface area (Å²) in [5, 5.41) is 0. The van der Waals surface area contributed by atoms with Crippen LogP contribution in [0.3, 0.4) is 0 Å². The average Bonchev–Trinajstić information content (AvgIpc) is 2.61. The lowest BCUT2D eigenvalue weighted by atomic mass is 9.86. The summed E-state index contributed by atoms with van der Waals surface area (Å²) >= 11 is 0. The van der Waals surface area contributed by atoms with Crippen molar-refractivity contribution in [3.63, 3.8) is 0 Å². The van der Waals surface area contributed by atoms with Crippen LogP contribution in [0.25, 0.3) is 5.76 Å². The third-order valence-electron chi connectivity index (χ3n) is 2.79. The minimum Gasteiger partial charge on any atom is -0.423 e. The predicted molar refractivity (Wildman–Crippen MR) is 58.3 cm³/mol. The van der Waals surface area contributed by atoms with Gasteiger partial charge in [0.15, 0.2) is 11.5 Å². The van der Waals surface area contributed by atoms with E-state index < -0.39 is 11.4 Å². The molecular formula is C12H13NO3. The second-order valence-electron chi connectivity index (χ2n) is 4.39. The second kappa shape index (κ2) is 3.33. The quantitative estimate of drug-likeness (QED) is 0.531. The highest BCUT2D eigenvalue weighted by Crippen LogP contribution is 2.30. The van der Waals surface area contributed by atoms with Crippen molar-refractivity contribution in [1.82, 2.24) is 4.57 Å². The van der Waals surface area contributed by atoms with Crippen LogP contribution in [0.1, 0.15) is 19.5 Å². The van der Waals surface area contributed by atoms with Crippen molar-refractivity contribution in [3.8, 4) is 0 Å². The monoisotopic (exact) mass is 219 g/mol. The van der Waals surface area contributed by atoms with Crippen LogP contribution in [-0.4, -0.2) is 16.3 Å². The number of esters is 1. The number of nitrogens with zero attached hydrogens (tertiary/aromatic N) is 1. The largest absolute Gasteiger partial charge is 0.423 e. The predicted octanol–water partition coefficient (Wildman–Crippen LogP) is 1.52. The van der Waals surface area contributed by atoms with E-state index >= 15 is 0 Å². The number of rotatable bonds is 1. The SMILES string of the molecule is Cn1cccc1C1=CC(=O)C(C)(C)C(=O)O1. The molecule has 2 heterocycles. The number of allylic oxidation sites excluding steroid dienone is 1. The van der Waals surface area contributed by atoms with Gasteiger partial charge in [-0.1, -0.05) is 0 Å². The minimum absolute atomic E-state index is 0.222. The fourth-order valence-corrected chi connectivity index (χ4v) is 1.50. The van der Waals surface area contributed by atoms with Crippen LogP contribution in [0.15, 0.2) is 24.4 Å².